The maximum absolute atomic E-state index is 12.5. The van der Waals surface area contributed by atoms with Crippen LogP contribution in [0, 0.1) is 0 Å². The minimum absolute atomic E-state index is 0.339. The van der Waals surface area contributed by atoms with Crippen molar-refractivity contribution in [2.24, 2.45) is 0 Å². The van der Waals surface area contributed by atoms with E-state index in [0.29, 0.717) is 12.6 Å². The van der Waals surface area contributed by atoms with E-state index in [4.69, 9.17) is 0 Å². The average Bonchev–Trinajstić information content (AvgIpc) is 3.25. The molecule has 2 aromatic rings. The third-order valence-corrected chi connectivity index (χ3v) is 6.19. The van der Waals surface area contributed by atoms with Crippen LogP contribution in [0.5, 0.6) is 0 Å². The SMILES string of the molecule is CC(Sc1nnc(N2CCCC2)n1C1CC1)C(=O)NC(=O)NCc1ccccc1. The van der Waals surface area contributed by atoms with Gasteiger partial charge >= 0.3 is 6.03 Å². The Morgan fingerprint density at radius 3 is 2.59 bits per heavy atom. The molecular formula is C20H26N6O2S. The van der Waals surface area contributed by atoms with Gasteiger partial charge in [0.05, 0.1) is 5.25 Å². The highest BCUT2D eigenvalue weighted by Crippen LogP contribution is 2.42. The van der Waals surface area contributed by atoms with Crippen LogP contribution in [0.4, 0.5) is 10.7 Å². The predicted molar refractivity (Wildman–Crippen MR) is 112 cm³/mol. The molecule has 8 nitrogen and oxygen atoms in total. The van der Waals surface area contributed by atoms with Gasteiger partial charge in [0.2, 0.25) is 11.9 Å². The number of urea groups is 1. The van der Waals surface area contributed by atoms with Crippen LogP contribution in [0.2, 0.25) is 0 Å². The number of anilines is 1. The second-order valence-corrected chi connectivity index (χ2v) is 8.80. The zero-order valence-corrected chi connectivity index (χ0v) is 17.3. The first-order valence-electron chi connectivity index (χ1n) is 10.1. The molecule has 29 heavy (non-hydrogen) atoms. The van der Waals surface area contributed by atoms with Gasteiger partial charge in [0, 0.05) is 25.7 Å². The number of benzene rings is 1. The Morgan fingerprint density at radius 2 is 1.90 bits per heavy atom. The summed E-state index contributed by atoms with van der Waals surface area (Å²) in [7, 11) is 0. The number of aromatic nitrogens is 3. The van der Waals surface area contributed by atoms with E-state index < -0.39 is 11.3 Å². The molecule has 0 radical (unpaired) electrons. The van der Waals surface area contributed by atoms with Crippen LogP contribution in [0.15, 0.2) is 35.5 Å². The maximum atomic E-state index is 12.5. The smallest absolute Gasteiger partial charge is 0.321 e. The lowest BCUT2D eigenvalue weighted by Crippen LogP contribution is -2.42. The van der Waals surface area contributed by atoms with Gasteiger partial charge in [-0.05, 0) is 38.2 Å². The Balaban J connectivity index is 1.33. The van der Waals surface area contributed by atoms with Gasteiger partial charge in [-0.15, -0.1) is 10.2 Å². The summed E-state index contributed by atoms with van der Waals surface area (Å²) in [6, 6.07) is 9.50. The van der Waals surface area contributed by atoms with E-state index in [1.165, 1.54) is 24.6 Å². The molecule has 1 saturated carbocycles. The first kappa shape index (κ1) is 19.8. The van der Waals surface area contributed by atoms with Gasteiger partial charge in [-0.3, -0.25) is 14.7 Å². The highest BCUT2D eigenvalue weighted by molar-refractivity contribution is 8.00. The topological polar surface area (TPSA) is 92.2 Å². The van der Waals surface area contributed by atoms with Gasteiger partial charge in [0.15, 0.2) is 5.16 Å². The lowest BCUT2D eigenvalue weighted by atomic mass is 10.2. The molecule has 0 bridgehead atoms. The molecule has 1 saturated heterocycles. The first-order chi connectivity index (χ1) is 14.1. The van der Waals surface area contributed by atoms with Gasteiger partial charge in [-0.2, -0.15) is 0 Å². The molecule has 2 N–H and O–H groups in total. The monoisotopic (exact) mass is 414 g/mol. The van der Waals surface area contributed by atoms with Crippen molar-refractivity contribution in [1.82, 2.24) is 25.4 Å². The lowest BCUT2D eigenvalue weighted by Gasteiger charge is -2.18. The van der Waals surface area contributed by atoms with Crippen molar-refractivity contribution in [3.63, 3.8) is 0 Å². The largest absolute Gasteiger partial charge is 0.341 e. The van der Waals surface area contributed by atoms with Crippen molar-refractivity contribution < 1.29 is 9.59 Å². The number of hydrogen-bond acceptors (Lipinski definition) is 6. The van der Waals surface area contributed by atoms with Crippen molar-refractivity contribution in [3.05, 3.63) is 35.9 Å². The summed E-state index contributed by atoms with van der Waals surface area (Å²) >= 11 is 1.35. The molecule has 1 aromatic heterocycles. The van der Waals surface area contributed by atoms with E-state index in [1.807, 2.05) is 30.3 Å². The van der Waals surface area contributed by atoms with Gasteiger partial charge in [0.1, 0.15) is 0 Å². The minimum atomic E-state index is -0.493. The second kappa shape index (κ2) is 8.86. The first-order valence-corrected chi connectivity index (χ1v) is 11.0. The quantitative estimate of drug-likeness (QED) is 0.677. The predicted octanol–water partition coefficient (Wildman–Crippen LogP) is 2.72. The van der Waals surface area contributed by atoms with Gasteiger partial charge in [-0.1, -0.05) is 42.1 Å². The molecule has 0 spiro atoms. The number of imide groups is 1. The number of nitrogens with one attached hydrogen (secondary N) is 2. The molecule has 1 unspecified atom stereocenters. The number of carbonyl (C=O) groups is 2. The van der Waals surface area contributed by atoms with Crippen LogP contribution in [-0.4, -0.2) is 45.0 Å². The molecule has 2 heterocycles. The summed E-state index contributed by atoms with van der Waals surface area (Å²) in [5, 5.41) is 14.2. The summed E-state index contributed by atoms with van der Waals surface area (Å²) in [4.78, 5) is 26.8. The van der Waals surface area contributed by atoms with Crippen LogP contribution in [-0.2, 0) is 11.3 Å². The van der Waals surface area contributed by atoms with Gasteiger partial charge in [0.25, 0.3) is 0 Å². The number of rotatable bonds is 7. The van der Waals surface area contributed by atoms with Crippen LogP contribution < -0.4 is 15.5 Å². The molecule has 2 fully saturated rings. The highest BCUT2D eigenvalue weighted by atomic mass is 32.2. The molecule has 2 aliphatic rings. The Hall–Kier alpha value is -2.55. The fourth-order valence-corrected chi connectivity index (χ4v) is 4.30. The van der Waals surface area contributed by atoms with E-state index in [2.05, 4.69) is 30.3 Å². The molecular weight excluding hydrogens is 388 g/mol. The van der Waals surface area contributed by atoms with E-state index in [0.717, 1.165) is 42.6 Å². The number of hydrogen-bond donors (Lipinski definition) is 2. The Morgan fingerprint density at radius 1 is 1.17 bits per heavy atom. The lowest BCUT2D eigenvalue weighted by molar-refractivity contribution is -0.119. The number of amides is 3. The zero-order chi connectivity index (χ0) is 20.2. The van der Waals surface area contributed by atoms with E-state index in [-0.39, 0.29) is 5.91 Å². The van der Waals surface area contributed by atoms with Crippen LogP contribution in [0.25, 0.3) is 0 Å². The van der Waals surface area contributed by atoms with Crippen molar-refractivity contribution in [2.45, 2.75) is 55.6 Å². The summed E-state index contributed by atoms with van der Waals surface area (Å²) in [5.41, 5.74) is 0.976. The normalized spacial score (nSPS) is 17.2. The van der Waals surface area contributed by atoms with Crippen molar-refractivity contribution in [2.75, 3.05) is 18.0 Å². The molecule has 4 rings (SSSR count). The number of thioether (sulfide) groups is 1. The summed E-state index contributed by atoms with van der Waals surface area (Å²) in [6.45, 7) is 4.17. The van der Waals surface area contributed by atoms with Crippen molar-refractivity contribution in [3.8, 4) is 0 Å². The summed E-state index contributed by atoms with van der Waals surface area (Å²) in [6.07, 6.45) is 4.59. The minimum Gasteiger partial charge on any atom is -0.341 e. The molecule has 154 valence electrons. The summed E-state index contributed by atoms with van der Waals surface area (Å²) in [5.74, 6) is 0.578. The molecule has 1 aromatic carbocycles. The standard InChI is InChI=1S/C20H26N6O2S/c1-14(17(27)22-18(28)21-13-15-7-3-2-4-8-15)29-20-24-23-19(25-11-5-6-12-25)26(20)16-9-10-16/h2-4,7-8,14,16H,5-6,9-13H2,1H3,(H2,21,22,27,28). The van der Waals surface area contributed by atoms with Crippen LogP contribution >= 0.6 is 11.8 Å². The van der Waals surface area contributed by atoms with E-state index in [1.54, 1.807) is 6.92 Å². The van der Waals surface area contributed by atoms with Gasteiger partial charge < -0.3 is 10.2 Å². The average molecular weight is 415 g/mol. The molecule has 9 heteroatoms. The number of nitrogens with zero attached hydrogens (tertiary/aromatic N) is 4. The fraction of sp³-hybridized carbons (Fsp3) is 0.500. The molecule has 1 aliphatic heterocycles. The fourth-order valence-electron chi connectivity index (χ4n) is 3.38. The maximum Gasteiger partial charge on any atom is 0.321 e. The van der Waals surface area contributed by atoms with Crippen molar-refractivity contribution in [1.29, 1.82) is 0 Å². The second-order valence-electron chi connectivity index (χ2n) is 7.50. The summed E-state index contributed by atoms with van der Waals surface area (Å²) < 4.78 is 2.18. The van der Waals surface area contributed by atoms with Crippen LogP contribution in [0.1, 0.15) is 44.2 Å². The number of carbonyl (C=O) groups excluding carboxylic acids is 2. The van der Waals surface area contributed by atoms with E-state index >= 15 is 0 Å². The Kier molecular flexibility index (Phi) is 6.03. The zero-order valence-electron chi connectivity index (χ0n) is 16.5. The molecule has 1 atom stereocenters. The third-order valence-electron chi connectivity index (χ3n) is 5.13. The third kappa shape index (κ3) is 4.90. The van der Waals surface area contributed by atoms with Crippen LogP contribution in [0.3, 0.4) is 0 Å². The van der Waals surface area contributed by atoms with Gasteiger partial charge in [-0.25, -0.2) is 4.79 Å². The Bertz CT molecular complexity index is 861. The molecule has 1 aliphatic carbocycles. The van der Waals surface area contributed by atoms with E-state index in [9.17, 15) is 9.59 Å². The van der Waals surface area contributed by atoms with Crippen molar-refractivity contribution >= 4 is 29.6 Å². The molecule has 3 amide bonds. The Labute approximate surface area is 174 Å². The highest BCUT2D eigenvalue weighted by Gasteiger charge is 2.33.